The quantitative estimate of drug-likeness (QED) is 0.711. The fourth-order valence-electron chi connectivity index (χ4n) is 3.06. The van der Waals surface area contributed by atoms with E-state index in [2.05, 4.69) is 4.72 Å². The summed E-state index contributed by atoms with van der Waals surface area (Å²) in [6.45, 7) is 5.12. The summed E-state index contributed by atoms with van der Waals surface area (Å²) in [6.07, 6.45) is 0.0272. The van der Waals surface area contributed by atoms with Crippen LogP contribution in [0.3, 0.4) is 0 Å². The van der Waals surface area contributed by atoms with Crippen molar-refractivity contribution in [3.63, 3.8) is 0 Å². The number of nitrogens with one attached hydrogen (secondary N) is 1. The zero-order valence-electron chi connectivity index (χ0n) is 16.5. The predicted molar refractivity (Wildman–Crippen MR) is 103 cm³/mol. The van der Waals surface area contributed by atoms with Gasteiger partial charge in [0.05, 0.1) is 19.1 Å². The third kappa shape index (κ3) is 4.69. The number of ether oxygens (including phenoxy) is 2. The van der Waals surface area contributed by atoms with Gasteiger partial charge in [-0.3, -0.25) is 4.79 Å². The van der Waals surface area contributed by atoms with Crippen LogP contribution in [-0.4, -0.2) is 34.6 Å². The zero-order chi connectivity index (χ0) is 21.1. The van der Waals surface area contributed by atoms with E-state index in [1.54, 1.807) is 26.8 Å². The van der Waals surface area contributed by atoms with Crippen LogP contribution in [0.25, 0.3) is 0 Å². The first-order valence-corrected chi connectivity index (χ1v) is 10.1. The molecule has 0 aliphatic heterocycles. The Bertz CT molecular complexity index is 971. The van der Waals surface area contributed by atoms with E-state index >= 15 is 0 Å². The molecule has 2 aromatic carbocycles. The van der Waals surface area contributed by atoms with Crippen molar-refractivity contribution >= 4 is 16.0 Å². The highest BCUT2D eigenvalue weighted by Gasteiger charge is 2.30. The fourth-order valence-corrected chi connectivity index (χ4v) is 4.78. The fraction of sp³-hybridized carbons (Fsp3) is 0.350. The molecule has 0 heterocycles. The molecule has 2 rings (SSSR count). The van der Waals surface area contributed by atoms with Crippen LogP contribution >= 0.6 is 0 Å². The molecule has 28 heavy (non-hydrogen) atoms. The summed E-state index contributed by atoms with van der Waals surface area (Å²) < 4.78 is 51.7. The molecule has 8 heteroatoms. The Hall–Kier alpha value is -2.45. The van der Waals surface area contributed by atoms with Crippen molar-refractivity contribution in [2.45, 2.75) is 38.1 Å². The van der Waals surface area contributed by atoms with Crippen LogP contribution in [-0.2, 0) is 26.0 Å². The van der Waals surface area contributed by atoms with Gasteiger partial charge in [-0.15, -0.1) is 0 Å². The molecule has 0 radical (unpaired) electrons. The second-order valence-electron chi connectivity index (χ2n) is 6.50. The van der Waals surface area contributed by atoms with Crippen LogP contribution < -0.4 is 9.46 Å². The van der Waals surface area contributed by atoms with Crippen molar-refractivity contribution in [3.05, 3.63) is 58.4 Å². The van der Waals surface area contributed by atoms with Gasteiger partial charge in [0.25, 0.3) is 0 Å². The van der Waals surface area contributed by atoms with E-state index in [0.29, 0.717) is 28.0 Å². The van der Waals surface area contributed by atoms with Crippen molar-refractivity contribution < 1.29 is 27.1 Å². The largest absolute Gasteiger partial charge is 0.496 e. The average molecular weight is 409 g/mol. The lowest BCUT2D eigenvalue weighted by molar-refractivity contribution is -0.142. The van der Waals surface area contributed by atoms with E-state index < -0.39 is 27.9 Å². The van der Waals surface area contributed by atoms with Crippen LogP contribution in [0, 0.1) is 26.6 Å². The second-order valence-corrected chi connectivity index (χ2v) is 8.15. The van der Waals surface area contributed by atoms with Crippen LogP contribution in [0.5, 0.6) is 5.75 Å². The Morgan fingerprint density at radius 2 is 1.71 bits per heavy atom. The molecule has 6 nitrogen and oxygen atoms in total. The van der Waals surface area contributed by atoms with Gasteiger partial charge in [-0.2, -0.15) is 4.72 Å². The summed E-state index contributed by atoms with van der Waals surface area (Å²) in [4.78, 5) is 12.3. The number of rotatable bonds is 7. The maximum Gasteiger partial charge on any atom is 0.324 e. The van der Waals surface area contributed by atoms with Gasteiger partial charge in [0.1, 0.15) is 17.6 Å². The summed E-state index contributed by atoms with van der Waals surface area (Å²) in [5.41, 5.74) is 2.33. The maximum atomic E-state index is 13.1. The summed E-state index contributed by atoms with van der Waals surface area (Å²) in [6, 6.07) is 5.98. The monoisotopic (exact) mass is 409 g/mol. The number of esters is 1. The molecule has 1 N–H and O–H groups in total. The highest BCUT2D eigenvalue weighted by molar-refractivity contribution is 7.89. The minimum Gasteiger partial charge on any atom is -0.496 e. The van der Waals surface area contributed by atoms with Gasteiger partial charge in [0, 0.05) is 0 Å². The zero-order valence-corrected chi connectivity index (χ0v) is 17.3. The molecular formula is C20H24FNO5S. The lowest BCUT2D eigenvalue weighted by Gasteiger charge is -2.20. The van der Waals surface area contributed by atoms with Crippen molar-refractivity contribution in [2.24, 2.45) is 0 Å². The molecule has 2 aromatic rings. The first-order chi connectivity index (χ1) is 13.1. The summed E-state index contributed by atoms with van der Waals surface area (Å²) in [5, 5.41) is 0. The first-order valence-electron chi connectivity index (χ1n) is 8.60. The van der Waals surface area contributed by atoms with E-state index in [9.17, 15) is 17.6 Å². The number of hydrogen-bond donors (Lipinski definition) is 1. The van der Waals surface area contributed by atoms with Crippen LogP contribution in [0.1, 0.15) is 22.3 Å². The molecule has 0 aromatic heterocycles. The number of halogens is 1. The van der Waals surface area contributed by atoms with Gasteiger partial charge in [-0.05, 0) is 67.6 Å². The number of methoxy groups -OCH3 is 2. The van der Waals surface area contributed by atoms with Gasteiger partial charge in [0.2, 0.25) is 10.0 Å². The van der Waals surface area contributed by atoms with Crippen LogP contribution in [0.2, 0.25) is 0 Å². The van der Waals surface area contributed by atoms with Crippen molar-refractivity contribution in [2.75, 3.05) is 14.2 Å². The third-order valence-corrected chi connectivity index (χ3v) is 6.36. The minimum atomic E-state index is -4.03. The van der Waals surface area contributed by atoms with E-state index in [1.807, 2.05) is 0 Å². The standard InChI is InChI=1S/C20H24FNO5S/c1-12-10-18(26-4)13(2)14(3)19(12)28(24,25)22-17(20(23)27-5)11-15-6-8-16(21)9-7-15/h6-10,17,22H,11H2,1-5H3. The molecule has 0 saturated heterocycles. The van der Waals surface area contributed by atoms with E-state index in [-0.39, 0.29) is 11.3 Å². The third-order valence-electron chi connectivity index (χ3n) is 4.60. The van der Waals surface area contributed by atoms with Gasteiger partial charge < -0.3 is 9.47 Å². The number of sulfonamides is 1. The minimum absolute atomic E-state index is 0.0272. The maximum absolute atomic E-state index is 13.1. The summed E-state index contributed by atoms with van der Waals surface area (Å²) >= 11 is 0. The van der Waals surface area contributed by atoms with Crippen LogP contribution in [0.4, 0.5) is 4.39 Å². The van der Waals surface area contributed by atoms with Crippen LogP contribution in [0.15, 0.2) is 35.2 Å². The summed E-state index contributed by atoms with van der Waals surface area (Å²) in [5.74, 6) is -0.558. The number of hydrogen-bond acceptors (Lipinski definition) is 5. The predicted octanol–water partition coefficient (Wildman–Crippen LogP) is 2.82. The topological polar surface area (TPSA) is 81.7 Å². The molecule has 0 aliphatic rings. The van der Waals surface area contributed by atoms with E-state index in [4.69, 9.17) is 9.47 Å². The van der Waals surface area contributed by atoms with E-state index in [1.165, 1.54) is 38.5 Å². The summed E-state index contributed by atoms with van der Waals surface area (Å²) in [7, 11) is -1.33. The SMILES string of the molecule is COC(=O)C(Cc1ccc(F)cc1)NS(=O)(=O)c1c(C)cc(OC)c(C)c1C. The van der Waals surface area contributed by atoms with Gasteiger partial charge >= 0.3 is 5.97 Å². The molecule has 0 amide bonds. The number of carbonyl (C=O) groups is 1. The Kier molecular flexibility index (Phi) is 6.79. The second kappa shape index (κ2) is 8.70. The molecule has 0 spiro atoms. The molecule has 0 fully saturated rings. The normalized spacial score (nSPS) is 12.5. The Labute approximate surface area is 164 Å². The lowest BCUT2D eigenvalue weighted by atomic mass is 10.1. The molecule has 1 atom stereocenters. The number of aryl methyl sites for hydroxylation is 1. The van der Waals surface area contributed by atoms with Crippen molar-refractivity contribution in [1.29, 1.82) is 0 Å². The molecule has 0 aliphatic carbocycles. The van der Waals surface area contributed by atoms with Gasteiger partial charge in [-0.1, -0.05) is 12.1 Å². The Morgan fingerprint density at radius 1 is 1.11 bits per heavy atom. The van der Waals surface area contributed by atoms with Gasteiger partial charge in [-0.25, -0.2) is 12.8 Å². The molecule has 0 bridgehead atoms. The molecule has 0 saturated carbocycles. The lowest BCUT2D eigenvalue weighted by Crippen LogP contribution is -2.43. The Balaban J connectivity index is 2.42. The molecular weight excluding hydrogens is 385 g/mol. The molecule has 1 unspecified atom stereocenters. The highest BCUT2D eigenvalue weighted by Crippen LogP contribution is 2.30. The average Bonchev–Trinajstić information content (AvgIpc) is 2.64. The van der Waals surface area contributed by atoms with Crippen molar-refractivity contribution in [1.82, 2.24) is 4.72 Å². The molecule has 152 valence electrons. The smallest absolute Gasteiger partial charge is 0.324 e. The van der Waals surface area contributed by atoms with Gasteiger partial charge in [0.15, 0.2) is 0 Å². The number of benzene rings is 2. The Morgan fingerprint density at radius 3 is 2.25 bits per heavy atom. The first kappa shape index (κ1) is 21.8. The van der Waals surface area contributed by atoms with Crippen molar-refractivity contribution in [3.8, 4) is 5.75 Å². The number of carbonyl (C=O) groups excluding carboxylic acids is 1. The van der Waals surface area contributed by atoms with E-state index in [0.717, 1.165) is 0 Å². The highest BCUT2D eigenvalue weighted by atomic mass is 32.2.